The fraction of sp³-hybridized carbons (Fsp3) is 0.429. The van der Waals surface area contributed by atoms with Crippen molar-refractivity contribution in [3.63, 3.8) is 0 Å². The molecule has 4 aromatic heterocycles. The van der Waals surface area contributed by atoms with Crippen molar-refractivity contribution in [2.45, 2.75) is 71.4 Å². The highest BCUT2D eigenvalue weighted by atomic mass is 35.5. The lowest BCUT2D eigenvalue weighted by Gasteiger charge is -2.35. The Hall–Kier alpha value is -3.33. The SMILES string of the molecule is CCC.Nc1nc(Cl)nc2c1c(-c1nc(Cc3ccccc3)cs1)cn2C1CCC(C2CCN(Cc3ccncc3)CC2)C1. The highest BCUT2D eigenvalue weighted by Gasteiger charge is 2.35. The number of nitrogens with zero attached hydrogens (tertiary/aromatic N) is 6. The van der Waals surface area contributed by atoms with Gasteiger partial charge in [-0.1, -0.05) is 50.6 Å². The van der Waals surface area contributed by atoms with Gasteiger partial charge in [0.25, 0.3) is 0 Å². The van der Waals surface area contributed by atoms with E-state index in [1.807, 2.05) is 18.5 Å². The summed E-state index contributed by atoms with van der Waals surface area (Å²) >= 11 is 7.99. The number of halogens is 1. The van der Waals surface area contributed by atoms with E-state index in [0.29, 0.717) is 11.9 Å². The molecule has 2 N–H and O–H groups in total. The van der Waals surface area contributed by atoms with Crippen LogP contribution in [0, 0.1) is 11.8 Å². The molecule has 1 aromatic carbocycles. The maximum atomic E-state index is 6.47. The van der Waals surface area contributed by atoms with Crippen molar-refractivity contribution in [2.75, 3.05) is 18.8 Å². The van der Waals surface area contributed by atoms with E-state index < -0.39 is 0 Å². The molecule has 0 bridgehead atoms. The monoisotopic (exact) mass is 627 g/mol. The van der Waals surface area contributed by atoms with Crippen molar-refractivity contribution in [2.24, 2.45) is 11.8 Å². The Morgan fingerprint density at radius 2 is 1.66 bits per heavy atom. The number of fused-ring (bicyclic) bond motifs is 1. The van der Waals surface area contributed by atoms with Crippen LogP contribution in [-0.4, -0.2) is 42.5 Å². The van der Waals surface area contributed by atoms with Gasteiger partial charge in [-0.15, -0.1) is 11.3 Å². The molecule has 2 aliphatic rings. The first-order chi connectivity index (χ1) is 21.5. The molecule has 7 rings (SSSR count). The van der Waals surface area contributed by atoms with Crippen molar-refractivity contribution < 1.29 is 0 Å². The van der Waals surface area contributed by atoms with Gasteiger partial charge < -0.3 is 10.3 Å². The first-order valence-electron chi connectivity index (χ1n) is 16.0. The van der Waals surface area contributed by atoms with Crippen molar-refractivity contribution in [3.8, 4) is 10.6 Å². The molecular weight excluding hydrogens is 586 g/mol. The number of hydrogen-bond acceptors (Lipinski definition) is 7. The van der Waals surface area contributed by atoms with Gasteiger partial charge in [0.05, 0.1) is 11.1 Å². The molecule has 1 saturated carbocycles. The van der Waals surface area contributed by atoms with E-state index in [4.69, 9.17) is 27.3 Å². The van der Waals surface area contributed by atoms with Gasteiger partial charge in [-0.25, -0.2) is 9.97 Å². The molecule has 5 aromatic rings. The molecule has 0 radical (unpaired) electrons. The zero-order chi connectivity index (χ0) is 30.5. The van der Waals surface area contributed by atoms with Crippen LogP contribution in [-0.2, 0) is 13.0 Å². The van der Waals surface area contributed by atoms with Crippen LogP contribution in [0.15, 0.2) is 66.4 Å². The van der Waals surface area contributed by atoms with E-state index in [2.05, 4.69) is 81.3 Å². The van der Waals surface area contributed by atoms with Crippen molar-refractivity contribution in [1.82, 2.24) is 29.4 Å². The first-order valence-corrected chi connectivity index (χ1v) is 17.2. The molecule has 44 heavy (non-hydrogen) atoms. The molecule has 2 unspecified atom stereocenters. The number of thiazole rings is 1. The highest BCUT2D eigenvalue weighted by Crippen LogP contribution is 2.45. The minimum atomic E-state index is 0.195. The Kier molecular flexibility index (Phi) is 9.89. The number of benzene rings is 1. The average Bonchev–Trinajstić information content (AvgIpc) is 3.78. The number of piperidine rings is 1. The summed E-state index contributed by atoms with van der Waals surface area (Å²) in [5.74, 6) is 1.93. The van der Waals surface area contributed by atoms with E-state index in [0.717, 1.165) is 64.9 Å². The van der Waals surface area contributed by atoms with Crippen LogP contribution in [0.4, 0.5) is 5.82 Å². The second-order valence-electron chi connectivity index (χ2n) is 12.2. The second kappa shape index (κ2) is 14.2. The van der Waals surface area contributed by atoms with Crippen LogP contribution in [0.2, 0.25) is 5.28 Å². The molecule has 2 atom stereocenters. The van der Waals surface area contributed by atoms with E-state index in [1.54, 1.807) is 11.3 Å². The average molecular weight is 628 g/mol. The largest absolute Gasteiger partial charge is 0.383 e. The predicted molar refractivity (Wildman–Crippen MR) is 182 cm³/mol. The van der Waals surface area contributed by atoms with E-state index >= 15 is 0 Å². The summed E-state index contributed by atoms with van der Waals surface area (Å²) in [4.78, 5) is 20.8. The minimum absolute atomic E-state index is 0.195. The first kappa shape index (κ1) is 30.7. The number of nitrogens with two attached hydrogens (primary N) is 1. The summed E-state index contributed by atoms with van der Waals surface area (Å²) in [5, 5.41) is 4.16. The van der Waals surface area contributed by atoms with Crippen molar-refractivity contribution >= 4 is 39.8 Å². The molecule has 2 fully saturated rings. The van der Waals surface area contributed by atoms with Crippen LogP contribution < -0.4 is 5.73 Å². The van der Waals surface area contributed by atoms with Crippen LogP contribution in [0.25, 0.3) is 21.6 Å². The van der Waals surface area contributed by atoms with Gasteiger partial charge in [-0.2, -0.15) is 4.98 Å². The molecule has 1 aliphatic carbocycles. The molecule has 0 spiro atoms. The number of nitrogen functional groups attached to an aromatic ring is 1. The van der Waals surface area contributed by atoms with Crippen LogP contribution >= 0.6 is 22.9 Å². The highest BCUT2D eigenvalue weighted by molar-refractivity contribution is 7.13. The Balaban J connectivity index is 0.00000110. The van der Waals surface area contributed by atoms with Gasteiger partial charge in [0.2, 0.25) is 5.28 Å². The van der Waals surface area contributed by atoms with Gasteiger partial charge in [-0.3, -0.25) is 9.88 Å². The van der Waals surface area contributed by atoms with E-state index in [9.17, 15) is 0 Å². The van der Waals surface area contributed by atoms with E-state index in [1.165, 1.54) is 49.9 Å². The van der Waals surface area contributed by atoms with Gasteiger partial charge in [0, 0.05) is 48.5 Å². The predicted octanol–water partition coefficient (Wildman–Crippen LogP) is 8.45. The normalized spacial score (nSPS) is 19.2. The molecule has 5 heterocycles. The third kappa shape index (κ3) is 6.98. The van der Waals surface area contributed by atoms with Crippen LogP contribution in [0.1, 0.15) is 75.2 Å². The lowest BCUT2D eigenvalue weighted by atomic mass is 9.83. The van der Waals surface area contributed by atoms with Gasteiger partial charge >= 0.3 is 0 Å². The molecular formula is C35H42ClN7S. The lowest BCUT2D eigenvalue weighted by molar-refractivity contribution is 0.141. The number of anilines is 1. The van der Waals surface area contributed by atoms with Gasteiger partial charge in [-0.05, 0) is 91.9 Å². The minimum Gasteiger partial charge on any atom is -0.383 e. The van der Waals surface area contributed by atoms with Crippen LogP contribution in [0.5, 0.6) is 0 Å². The number of likely N-dealkylation sites (tertiary alicyclic amines) is 1. The summed E-state index contributed by atoms with van der Waals surface area (Å²) in [5.41, 5.74) is 12.0. The Labute approximate surface area is 269 Å². The summed E-state index contributed by atoms with van der Waals surface area (Å²) in [6.45, 7) is 7.60. The van der Waals surface area contributed by atoms with Gasteiger partial charge in [0.15, 0.2) is 0 Å². The second-order valence-corrected chi connectivity index (χ2v) is 13.4. The van der Waals surface area contributed by atoms with Crippen molar-refractivity contribution in [1.29, 1.82) is 0 Å². The Morgan fingerprint density at radius 3 is 2.41 bits per heavy atom. The quantitative estimate of drug-likeness (QED) is 0.182. The standard InChI is InChI=1S/C32H34ClN7S.C3H8/c33-32-37-29(34)28-27(31-36-25(20-41-31)16-21-4-2-1-3-5-21)19-40(30(28)38-32)26-7-6-24(17-26)23-10-14-39(15-11-23)18-22-8-12-35-13-9-22;1-3-2/h1-5,8-9,12-13,19-20,23-24,26H,6-7,10-11,14-18H2,(H2,34,37,38);3H2,1-2H3. The smallest absolute Gasteiger partial charge is 0.226 e. The number of rotatable bonds is 7. The number of hydrogen-bond donors (Lipinski definition) is 1. The molecule has 7 nitrogen and oxygen atoms in total. The van der Waals surface area contributed by atoms with E-state index in [-0.39, 0.29) is 5.28 Å². The summed E-state index contributed by atoms with van der Waals surface area (Å²) in [7, 11) is 0. The lowest BCUT2D eigenvalue weighted by Crippen LogP contribution is -2.35. The summed E-state index contributed by atoms with van der Waals surface area (Å²) < 4.78 is 2.32. The third-order valence-corrected chi connectivity index (χ3v) is 10.1. The molecule has 9 heteroatoms. The fourth-order valence-corrected chi connectivity index (χ4v) is 7.91. The summed E-state index contributed by atoms with van der Waals surface area (Å²) in [6, 6.07) is 15.1. The zero-order valence-electron chi connectivity index (χ0n) is 25.7. The topological polar surface area (TPSA) is 85.8 Å². The van der Waals surface area contributed by atoms with Gasteiger partial charge in [0.1, 0.15) is 16.5 Å². The zero-order valence-corrected chi connectivity index (χ0v) is 27.3. The Bertz CT molecular complexity index is 1640. The maximum Gasteiger partial charge on any atom is 0.226 e. The third-order valence-electron chi connectivity index (χ3n) is 8.98. The summed E-state index contributed by atoms with van der Waals surface area (Å²) in [6.07, 6.45) is 14.1. The number of pyridine rings is 1. The Morgan fingerprint density at radius 1 is 0.909 bits per heavy atom. The molecule has 1 aliphatic heterocycles. The van der Waals surface area contributed by atoms with Crippen molar-refractivity contribution in [3.05, 3.63) is 88.5 Å². The molecule has 0 amide bonds. The van der Waals surface area contributed by atoms with Crippen LogP contribution in [0.3, 0.4) is 0 Å². The molecule has 230 valence electrons. The fourth-order valence-electron chi connectivity index (χ4n) is 6.91. The number of aromatic nitrogens is 5. The molecule has 1 saturated heterocycles. The maximum absolute atomic E-state index is 6.47.